The fourth-order valence-electron chi connectivity index (χ4n) is 4.79. The third-order valence-corrected chi connectivity index (χ3v) is 6.74. The molecule has 1 aromatic carbocycles. The van der Waals surface area contributed by atoms with Crippen LogP contribution < -0.4 is 4.74 Å². The second-order valence-corrected chi connectivity index (χ2v) is 8.90. The number of ether oxygens (including phenoxy) is 1. The Morgan fingerprint density at radius 1 is 1.12 bits per heavy atom. The molecule has 2 aliphatic rings. The number of benzene rings is 1. The molecule has 3 heterocycles. The molecule has 1 saturated carbocycles. The van der Waals surface area contributed by atoms with Crippen molar-refractivity contribution in [3.05, 3.63) is 36.3 Å². The van der Waals surface area contributed by atoms with Crippen molar-refractivity contribution in [1.29, 1.82) is 0 Å². The Bertz CT molecular complexity index is 1090. The van der Waals surface area contributed by atoms with Crippen LogP contribution in [0.2, 0.25) is 0 Å². The van der Waals surface area contributed by atoms with E-state index in [9.17, 15) is 4.79 Å². The summed E-state index contributed by atoms with van der Waals surface area (Å²) in [5.74, 6) is 2.47. The third kappa shape index (κ3) is 4.17. The first-order valence-corrected chi connectivity index (χ1v) is 11.3. The first-order chi connectivity index (χ1) is 15.6. The zero-order valence-corrected chi connectivity index (χ0v) is 18.6. The number of carbonyl (C=O) groups excluding carboxylic acids is 1. The van der Waals surface area contributed by atoms with Crippen molar-refractivity contribution in [2.75, 3.05) is 40.3 Å². The first kappa shape index (κ1) is 20.8. The number of rotatable bonds is 5. The lowest BCUT2D eigenvalue weighted by Gasteiger charge is -2.34. The summed E-state index contributed by atoms with van der Waals surface area (Å²) in [5, 5.41) is 8.46. The maximum absolute atomic E-state index is 12.9. The lowest BCUT2D eigenvalue weighted by Crippen LogP contribution is -2.48. The van der Waals surface area contributed by atoms with E-state index in [1.165, 1.54) is 0 Å². The topological polar surface area (TPSA) is 89.3 Å². The summed E-state index contributed by atoms with van der Waals surface area (Å²) in [7, 11) is 3.76. The lowest BCUT2D eigenvalue weighted by molar-refractivity contribution is -0.137. The molecule has 2 aromatic heterocycles. The van der Waals surface area contributed by atoms with Crippen molar-refractivity contribution in [2.24, 2.45) is 11.8 Å². The fourth-order valence-corrected chi connectivity index (χ4v) is 4.79. The molecular weight excluding hydrogens is 406 g/mol. The average Bonchev–Trinajstić information content (AvgIpc) is 3.46. The van der Waals surface area contributed by atoms with E-state index in [0.29, 0.717) is 23.0 Å². The third-order valence-electron chi connectivity index (χ3n) is 6.74. The minimum absolute atomic E-state index is 0.138. The number of amides is 1. The van der Waals surface area contributed by atoms with Gasteiger partial charge in [-0.2, -0.15) is 4.68 Å². The molecule has 0 spiro atoms. The molecule has 1 amide bonds. The molecule has 9 nitrogen and oxygen atoms in total. The minimum Gasteiger partial charge on any atom is -0.497 e. The number of hydrogen-bond acceptors (Lipinski definition) is 7. The molecule has 1 aliphatic heterocycles. The molecule has 0 bridgehead atoms. The van der Waals surface area contributed by atoms with Crippen LogP contribution in [-0.4, -0.2) is 81.0 Å². The van der Waals surface area contributed by atoms with Crippen LogP contribution in [0.1, 0.15) is 25.1 Å². The summed E-state index contributed by atoms with van der Waals surface area (Å²) >= 11 is 0. The van der Waals surface area contributed by atoms with E-state index in [-0.39, 0.29) is 5.92 Å². The van der Waals surface area contributed by atoms with Crippen LogP contribution in [0.25, 0.3) is 16.9 Å². The lowest BCUT2D eigenvalue weighted by atomic mass is 10.00. The predicted octanol–water partition coefficient (Wildman–Crippen LogP) is 1.95. The monoisotopic (exact) mass is 435 g/mol. The number of piperazine rings is 1. The van der Waals surface area contributed by atoms with Gasteiger partial charge in [0.2, 0.25) is 5.91 Å². The van der Waals surface area contributed by atoms with Gasteiger partial charge < -0.3 is 14.5 Å². The van der Waals surface area contributed by atoms with Crippen molar-refractivity contribution < 1.29 is 9.53 Å². The predicted molar refractivity (Wildman–Crippen MR) is 120 cm³/mol. The van der Waals surface area contributed by atoms with Gasteiger partial charge in [-0.3, -0.25) is 4.79 Å². The van der Waals surface area contributed by atoms with Crippen LogP contribution in [0.4, 0.5) is 0 Å². The highest BCUT2D eigenvalue weighted by atomic mass is 16.5. The quantitative estimate of drug-likeness (QED) is 0.605. The Hall–Kier alpha value is -3.07. The van der Waals surface area contributed by atoms with Crippen molar-refractivity contribution in [3.8, 4) is 11.4 Å². The highest BCUT2D eigenvalue weighted by Crippen LogP contribution is 2.34. The van der Waals surface area contributed by atoms with Gasteiger partial charge in [0.05, 0.1) is 19.0 Å². The SMILES string of the molecule is COc1ccc(-n2nnc3cnc(C[C@@H]4CC[C@H](C(=O)N5CCN(C)CC5)C4)nc32)cc1. The summed E-state index contributed by atoms with van der Waals surface area (Å²) in [6.45, 7) is 3.62. The maximum atomic E-state index is 12.9. The van der Waals surface area contributed by atoms with Gasteiger partial charge in [-0.25, -0.2) is 9.97 Å². The van der Waals surface area contributed by atoms with E-state index in [4.69, 9.17) is 9.72 Å². The van der Waals surface area contributed by atoms with Gasteiger partial charge >= 0.3 is 0 Å². The highest BCUT2D eigenvalue weighted by Gasteiger charge is 2.34. The van der Waals surface area contributed by atoms with Crippen molar-refractivity contribution in [1.82, 2.24) is 34.8 Å². The van der Waals surface area contributed by atoms with Crippen molar-refractivity contribution >= 4 is 17.1 Å². The number of nitrogens with zero attached hydrogens (tertiary/aromatic N) is 7. The van der Waals surface area contributed by atoms with Gasteiger partial charge in [0, 0.05) is 38.5 Å². The average molecular weight is 436 g/mol. The van der Waals surface area contributed by atoms with E-state index in [0.717, 1.165) is 69.1 Å². The van der Waals surface area contributed by atoms with Gasteiger partial charge in [0.25, 0.3) is 0 Å². The van der Waals surface area contributed by atoms with Crippen LogP contribution in [0, 0.1) is 11.8 Å². The Labute approximate surface area is 187 Å². The number of methoxy groups -OCH3 is 1. The summed E-state index contributed by atoms with van der Waals surface area (Å²) < 4.78 is 6.97. The maximum Gasteiger partial charge on any atom is 0.225 e. The van der Waals surface area contributed by atoms with E-state index >= 15 is 0 Å². The van der Waals surface area contributed by atoms with Crippen LogP contribution in [0.15, 0.2) is 30.5 Å². The minimum atomic E-state index is 0.138. The number of aromatic nitrogens is 5. The van der Waals surface area contributed by atoms with E-state index < -0.39 is 0 Å². The summed E-state index contributed by atoms with van der Waals surface area (Å²) in [5.41, 5.74) is 2.24. The largest absolute Gasteiger partial charge is 0.497 e. The molecule has 9 heteroatoms. The Kier molecular flexibility index (Phi) is 5.73. The van der Waals surface area contributed by atoms with E-state index in [1.54, 1.807) is 18.0 Å². The van der Waals surface area contributed by atoms with Crippen LogP contribution in [-0.2, 0) is 11.2 Å². The second-order valence-electron chi connectivity index (χ2n) is 8.90. The van der Waals surface area contributed by atoms with Gasteiger partial charge in [0.1, 0.15) is 11.6 Å². The number of hydrogen-bond donors (Lipinski definition) is 0. The standard InChI is InChI=1S/C23H29N7O2/c1-28-9-11-29(12-10-28)23(31)17-4-3-16(13-17)14-21-24-15-20-22(25-21)30(27-26-20)18-5-7-19(32-2)8-6-18/h5-8,15-17H,3-4,9-14H2,1-2H3/t16-,17+/m1/s1. The second kappa shape index (κ2) is 8.82. The molecule has 3 aromatic rings. The normalized spacial score (nSPS) is 21.9. The summed E-state index contributed by atoms with van der Waals surface area (Å²) in [4.78, 5) is 26.6. The highest BCUT2D eigenvalue weighted by molar-refractivity contribution is 5.79. The van der Waals surface area contributed by atoms with Crippen LogP contribution >= 0.6 is 0 Å². The Morgan fingerprint density at radius 2 is 1.91 bits per heavy atom. The van der Waals surface area contributed by atoms with E-state index in [2.05, 4.69) is 32.1 Å². The van der Waals surface area contributed by atoms with Gasteiger partial charge in [-0.15, -0.1) is 5.10 Å². The zero-order valence-electron chi connectivity index (χ0n) is 18.6. The molecule has 2 fully saturated rings. The number of fused-ring (bicyclic) bond motifs is 1. The Balaban J connectivity index is 1.27. The molecule has 5 rings (SSSR count). The van der Waals surface area contributed by atoms with Gasteiger partial charge in [0.15, 0.2) is 11.2 Å². The number of likely N-dealkylation sites (N-methyl/N-ethyl adjacent to an activating group) is 1. The molecule has 1 aliphatic carbocycles. The van der Waals surface area contributed by atoms with Gasteiger partial charge in [-0.1, -0.05) is 5.21 Å². The molecule has 0 N–H and O–H groups in total. The zero-order chi connectivity index (χ0) is 22.1. The molecule has 1 saturated heterocycles. The van der Waals surface area contributed by atoms with Crippen molar-refractivity contribution in [2.45, 2.75) is 25.7 Å². The summed E-state index contributed by atoms with van der Waals surface area (Å²) in [6.07, 6.45) is 5.44. The fraction of sp³-hybridized carbons (Fsp3) is 0.522. The van der Waals surface area contributed by atoms with Crippen molar-refractivity contribution in [3.63, 3.8) is 0 Å². The van der Waals surface area contributed by atoms with Gasteiger partial charge in [-0.05, 0) is 56.5 Å². The molecular formula is C23H29N7O2. The van der Waals surface area contributed by atoms with E-state index in [1.807, 2.05) is 24.3 Å². The number of carbonyl (C=O) groups is 1. The molecule has 2 atom stereocenters. The van der Waals surface area contributed by atoms with Crippen LogP contribution in [0.5, 0.6) is 5.75 Å². The molecule has 32 heavy (non-hydrogen) atoms. The first-order valence-electron chi connectivity index (χ1n) is 11.3. The molecule has 168 valence electrons. The Morgan fingerprint density at radius 3 is 2.66 bits per heavy atom. The van der Waals surface area contributed by atoms with Crippen LogP contribution in [0.3, 0.4) is 0 Å². The smallest absolute Gasteiger partial charge is 0.225 e. The molecule has 0 unspecified atom stereocenters. The summed E-state index contributed by atoms with van der Waals surface area (Å²) in [6, 6.07) is 7.64. The molecule has 0 radical (unpaired) electrons.